The smallest absolute Gasteiger partial charge is 0.269 e. The van der Waals surface area contributed by atoms with Crippen molar-refractivity contribution in [2.75, 3.05) is 44.2 Å². The zero-order chi connectivity index (χ0) is 25.0. The van der Waals surface area contributed by atoms with E-state index in [9.17, 15) is 10.1 Å². The van der Waals surface area contributed by atoms with Crippen LogP contribution < -0.4 is 10.2 Å². The zero-order valence-electron chi connectivity index (χ0n) is 21.2. The summed E-state index contributed by atoms with van der Waals surface area (Å²) in [5.74, 6) is 0. The third-order valence-electron chi connectivity index (χ3n) is 6.45. The fraction of sp³-hybridized carbons (Fsp3) is 0.444. The van der Waals surface area contributed by atoms with Crippen molar-refractivity contribution < 1.29 is 4.92 Å². The molecule has 2 aromatic carbocycles. The highest BCUT2D eigenvalue weighted by Gasteiger charge is 2.21. The minimum Gasteiger partial charge on any atom is -0.369 e. The molecule has 0 saturated carbocycles. The van der Waals surface area contributed by atoms with Gasteiger partial charge in [0.05, 0.1) is 21.9 Å². The van der Waals surface area contributed by atoms with E-state index in [4.69, 9.17) is 5.10 Å². The van der Waals surface area contributed by atoms with Gasteiger partial charge in [0, 0.05) is 63.6 Å². The molecule has 186 valence electrons. The number of hydrogen-bond donors (Lipinski definition) is 1. The Labute approximate surface area is 207 Å². The molecule has 0 unspecified atom stereocenters. The van der Waals surface area contributed by atoms with Gasteiger partial charge in [-0.15, -0.1) is 0 Å². The summed E-state index contributed by atoms with van der Waals surface area (Å²) in [6.45, 7) is 15.1. The Morgan fingerprint density at radius 2 is 1.66 bits per heavy atom. The highest BCUT2D eigenvalue weighted by atomic mass is 16.6. The van der Waals surface area contributed by atoms with Crippen LogP contribution in [-0.2, 0) is 12.1 Å². The number of hydrogen-bond acceptors (Lipinski definition) is 6. The van der Waals surface area contributed by atoms with Crippen molar-refractivity contribution in [2.45, 2.75) is 39.8 Å². The van der Waals surface area contributed by atoms with Crippen LogP contribution in [0.15, 0.2) is 54.6 Å². The van der Waals surface area contributed by atoms with Crippen molar-refractivity contribution in [1.29, 1.82) is 0 Å². The normalized spacial score (nSPS) is 14.9. The largest absolute Gasteiger partial charge is 0.369 e. The molecule has 2 heterocycles. The number of piperazine rings is 1. The van der Waals surface area contributed by atoms with Gasteiger partial charge in [-0.3, -0.25) is 19.7 Å². The van der Waals surface area contributed by atoms with E-state index in [0.717, 1.165) is 62.9 Å². The fourth-order valence-corrected chi connectivity index (χ4v) is 4.43. The van der Waals surface area contributed by atoms with E-state index in [1.54, 1.807) is 12.1 Å². The molecule has 8 nitrogen and oxygen atoms in total. The summed E-state index contributed by atoms with van der Waals surface area (Å²) >= 11 is 0. The average molecular weight is 477 g/mol. The second-order valence-electron chi connectivity index (χ2n) is 10.2. The molecule has 0 amide bonds. The van der Waals surface area contributed by atoms with E-state index in [1.807, 2.05) is 12.1 Å². The number of aryl methyl sites for hydroxylation is 1. The van der Waals surface area contributed by atoms with Gasteiger partial charge in [-0.1, -0.05) is 29.8 Å². The maximum absolute atomic E-state index is 10.9. The van der Waals surface area contributed by atoms with Crippen LogP contribution in [0.4, 0.5) is 11.4 Å². The number of rotatable bonds is 8. The Morgan fingerprint density at radius 1 is 1.00 bits per heavy atom. The van der Waals surface area contributed by atoms with Crippen molar-refractivity contribution in [3.63, 3.8) is 0 Å². The van der Waals surface area contributed by atoms with E-state index >= 15 is 0 Å². The average Bonchev–Trinajstić information content (AvgIpc) is 3.28. The minimum atomic E-state index is -0.356. The van der Waals surface area contributed by atoms with E-state index in [2.05, 4.69) is 77.8 Å². The third kappa shape index (κ3) is 6.26. The van der Waals surface area contributed by atoms with Gasteiger partial charge >= 0.3 is 0 Å². The summed E-state index contributed by atoms with van der Waals surface area (Å²) in [5, 5.41) is 19.3. The van der Waals surface area contributed by atoms with Gasteiger partial charge in [0.2, 0.25) is 0 Å². The number of benzene rings is 2. The van der Waals surface area contributed by atoms with Gasteiger partial charge in [0.25, 0.3) is 5.69 Å². The monoisotopic (exact) mass is 476 g/mol. The predicted molar refractivity (Wildman–Crippen MR) is 141 cm³/mol. The van der Waals surface area contributed by atoms with Crippen LogP contribution >= 0.6 is 0 Å². The lowest BCUT2D eigenvalue weighted by atomic mass is 10.1. The maximum Gasteiger partial charge on any atom is 0.269 e. The molecule has 1 aliphatic rings. The quantitative estimate of drug-likeness (QED) is 0.294. The van der Waals surface area contributed by atoms with Gasteiger partial charge in [0.1, 0.15) is 0 Å². The molecular formula is C27H36N6O2. The second-order valence-corrected chi connectivity index (χ2v) is 10.2. The number of anilines is 1. The summed E-state index contributed by atoms with van der Waals surface area (Å²) in [6, 6.07) is 17.7. The van der Waals surface area contributed by atoms with E-state index in [-0.39, 0.29) is 16.1 Å². The number of nitrogens with zero attached hydrogens (tertiary/aromatic N) is 5. The summed E-state index contributed by atoms with van der Waals surface area (Å²) in [7, 11) is 0. The highest BCUT2D eigenvalue weighted by Crippen LogP contribution is 2.27. The zero-order valence-corrected chi connectivity index (χ0v) is 21.2. The predicted octanol–water partition coefficient (Wildman–Crippen LogP) is 4.43. The first-order valence-corrected chi connectivity index (χ1v) is 12.3. The molecule has 3 aromatic rings. The van der Waals surface area contributed by atoms with Gasteiger partial charge in [0.15, 0.2) is 0 Å². The number of nitro benzene ring substituents is 1. The topological polar surface area (TPSA) is 79.5 Å². The molecule has 35 heavy (non-hydrogen) atoms. The molecule has 1 saturated heterocycles. The number of non-ortho nitro benzene ring substituents is 1. The Bertz CT molecular complexity index is 1120. The second kappa shape index (κ2) is 10.6. The first-order valence-electron chi connectivity index (χ1n) is 12.3. The summed E-state index contributed by atoms with van der Waals surface area (Å²) in [5.41, 5.74) is 5.74. The minimum absolute atomic E-state index is 0.0954. The highest BCUT2D eigenvalue weighted by molar-refractivity contribution is 5.61. The molecule has 0 atom stereocenters. The molecule has 1 N–H and O–H groups in total. The Morgan fingerprint density at radius 3 is 2.26 bits per heavy atom. The van der Waals surface area contributed by atoms with Crippen molar-refractivity contribution in [3.8, 4) is 11.3 Å². The summed E-state index contributed by atoms with van der Waals surface area (Å²) < 4.78 is 2.13. The van der Waals surface area contributed by atoms with Crippen LogP contribution in [0.3, 0.4) is 0 Å². The summed E-state index contributed by atoms with van der Waals surface area (Å²) in [6.07, 6.45) is 0. The molecule has 1 aromatic heterocycles. The molecule has 1 fully saturated rings. The summed E-state index contributed by atoms with van der Waals surface area (Å²) in [4.78, 5) is 15.3. The van der Waals surface area contributed by atoms with Gasteiger partial charge < -0.3 is 10.2 Å². The van der Waals surface area contributed by atoms with Gasteiger partial charge in [-0.05, 0) is 51.5 Å². The van der Waals surface area contributed by atoms with Crippen molar-refractivity contribution >= 4 is 11.4 Å². The Hall–Kier alpha value is -3.23. The van der Waals surface area contributed by atoms with Crippen LogP contribution in [0.1, 0.15) is 32.0 Å². The molecular weight excluding hydrogens is 440 g/mol. The van der Waals surface area contributed by atoms with Crippen LogP contribution in [0, 0.1) is 17.0 Å². The van der Waals surface area contributed by atoms with Crippen molar-refractivity contribution in [3.05, 3.63) is 76.0 Å². The molecule has 0 spiro atoms. The fourth-order valence-electron chi connectivity index (χ4n) is 4.43. The molecule has 8 heteroatoms. The molecule has 0 aliphatic carbocycles. The van der Waals surface area contributed by atoms with E-state index in [1.165, 1.54) is 11.1 Å². The third-order valence-corrected chi connectivity index (χ3v) is 6.45. The van der Waals surface area contributed by atoms with Gasteiger partial charge in [-0.25, -0.2) is 0 Å². The van der Waals surface area contributed by atoms with Gasteiger partial charge in [-0.2, -0.15) is 5.10 Å². The first-order chi connectivity index (χ1) is 16.7. The number of nitrogens with one attached hydrogen (secondary N) is 1. The standard InChI is InChI=1S/C27H36N6O2/c1-21-5-7-22(8-6-21)26-19-23(29-32(26)27(2,3)4)20-28-13-14-30-15-17-31(18-16-30)24-9-11-25(12-10-24)33(34)35/h5-12,19,28H,13-18,20H2,1-4H3. The first kappa shape index (κ1) is 24.9. The lowest BCUT2D eigenvalue weighted by Gasteiger charge is -2.36. The number of nitro groups is 1. The van der Waals surface area contributed by atoms with E-state index in [0.29, 0.717) is 0 Å². The lowest BCUT2D eigenvalue weighted by molar-refractivity contribution is -0.384. The Balaban J connectivity index is 1.26. The van der Waals surface area contributed by atoms with Crippen LogP contribution in [0.25, 0.3) is 11.3 Å². The maximum atomic E-state index is 10.9. The SMILES string of the molecule is Cc1ccc(-c2cc(CNCCN3CCN(c4ccc([N+](=O)[O-])cc4)CC3)nn2C(C)(C)C)cc1. The molecule has 1 aliphatic heterocycles. The molecule has 0 radical (unpaired) electrons. The van der Waals surface area contributed by atoms with Crippen LogP contribution in [0.2, 0.25) is 0 Å². The van der Waals surface area contributed by atoms with Crippen LogP contribution in [0.5, 0.6) is 0 Å². The van der Waals surface area contributed by atoms with Crippen molar-refractivity contribution in [2.24, 2.45) is 0 Å². The molecule has 4 rings (SSSR count). The van der Waals surface area contributed by atoms with Crippen LogP contribution in [-0.4, -0.2) is 58.9 Å². The molecule has 0 bridgehead atoms. The Kier molecular flexibility index (Phi) is 7.52. The number of aromatic nitrogens is 2. The van der Waals surface area contributed by atoms with Crippen molar-refractivity contribution in [1.82, 2.24) is 20.0 Å². The lowest BCUT2D eigenvalue weighted by Crippen LogP contribution is -2.48. The van der Waals surface area contributed by atoms with E-state index < -0.39 is 0 Å².